The van der Waals surface area contributed by atoms with Crippen LogP contribution in [-0.4, -0.2) is 37.2 Å². The van der Waals surface area contributed by atoms with E-state index in [0.717, 1.165) is 64.2 Å². The number of carbonyl (C=O) groups excluding carboxylic acids is 3. The fourth-order valence-electron chi connectivity index (χ4n) is 10.1. The summed E-state index contributed by atoms with van der Waals surface area (Å²) < 4.78 is 17.0. The Bertz CT molecular complexity index is 1330. The van der Waals surface area contributed by atoms with Crippen molar-refractivity contribution in [3.05, 3.63) is 48.6 Å². The molecule has 0 amide bonds. The molecule has 0 radical (unpaired) electrons. The van der Waals surface area contributed by atoms with Crippen molar-refractivity contribution < 1.29 is 28.6 Å². The number of hydrogen-bond acceptors (Lipinski definition) is 6. The largest absolute Gasteiger partial charge is 0.462 e. The third kappa shape index (κ3) is 64.1. The Morgan fingerprint density at radius 1 is 0.260 bits per heavy atom. The van der Waals surface area contributed by atoms with Crippen molar-refractivity contribution >= 4 is 17.9 Å². The van der Waals surface area contributed by atoms with Gasteiger partial charge in [-0.2, -0.15) is 0 Å². The first-order valence-electron chi connectivity index (χ1n) is 34.1. The van der Waals surface area contributed by atoms with E-state index in [1.807, 2.05) is 0 Å². The van der Waals surface area contributed by atoms with Crippen LogP contribution in [-0.2, 0) is 28.6 Å². The monoisotopic (exact) mass is 1080 g/mol. The van der Waals surface area contributed by atoms with E-state index in [4.69, 9.17) is 14.2 Å². The molecule has 1 atom stereocenters. The molecular weight excluding hydrogens is 949 g/mol. The Hall–Kier alpha value is -2.63. The van der Waals surface area contributed by atoms with Gasteiger partial charge in [-0.15, -0.1) is 0 Å². The van der Waals surface area contributed by atoms with Crippen molar-refractivity contribution in [1.29, 1.82) is 0 Å². The van der Waals surface area contributed by atoms with Gasteiger partial charge in [0.05, 0.1) is 0 Å². The molecule has 0 spiro atoms. The highest BCUT2D eigenvalue weighted by molar-refractivity contribution is 5.71. The molecule has 0 rings (SSSR count). The predicted octanol–water partition coefficient (Wildman–Crippen LogP) is 23.3. The van der Waals surface area contributed by atoms with E-state index >= 15 is 0 Å². The van der Waals surface area contributed by atoms with Crippen LogP contribution in [0.3, 0.4) is 0 Å². The molecule has 0 saturated heterocycles. The maximum atomic E-state index is 12.9. The Morgan fingerprint density at radius 2 is 0.468 bits per heavy atom. The van der Waals surface area contributed by atoms with E-state index in [0.29, 0.717) is 19.3 Å². The van der Waals surface area contributed by atoms with Crippen LogP contribution in [0.1, 0.15) is 367 Å². The van der Waals surface area contributed by atoms with Crippen LogP contribution in [0.2, 0.25) is 0 Å². The normalized spacial score (nSPS) is 12.3. The SMILES string of the molecule is CCCCC/C=C\C/C=C\CCCCCCCCCCCC(=O)OC(COC(=O)CCCCCCCCCCC/C=C\CCCCCCCC)COC(=O)CCCCCCCCCCC/C=C\CCCCCCCCCC. The molecule has 1 unspecified atom stereocenters. The van der Waals surface area contributed by atoms with Crippen molar-refractivity contribution in [2.75, 3.05) is 13.2 Å². The molecule has 6 heteroatoms. The number of hydrogen-bond donors (Lipinski definition) is 0. The molecule has 0 bridgehead atoms. The summed E-state index contributed by atoms with van der Waals surface area (Å²) in [5.41, 5.74) is 0. The minimum absolute atomic E-state index is 0.0737. The number of unbranched alkanes of at least 4 members (excludes halogenated alkanes) is 44. The number of rotatable bonds is 63. The van der Waals surface area contributed by atoms with Gasteiger partial charge < -0.3 is 14.2 Å². The highest BCUT2D eigenvalue weighted by Crippen LogP contribution is 2.17. The molecule has 6 nitrogen and oxygen atoms in total. The molecule has 0 fully saturated rings. The van der Waals surface area contributed by atoms with Gasteiger partial charge in [-0.05, 0) is 103 Å². The quantitative estimate of drug-likeness (QED) is 0.0261. The van der Waals surface area contributed by atoms with Gasteiger partial charge in [-0.3, -0.25) is 14.4 Å². The summed E-state index contributed by atoms with van der Waals surface area (Å²) in [4.78, 5) is 38.4. The van der Waals surface area contributed by atoms with Gasteiger partial charge in [0.25, 0.3) is 0 Å². The third-order valence-electron chi connectivity index (χ3n) is 15.3. The predicted molar refractivity (Wildman–Crippen MR) is 335 cm³/mol. The first kappa shape index (κ1) is 74.4. The lowest BCUT2D eigenvalue weighted by Crippen LogP contribution is -2.30. The number of esters is 3. The zero-order chi connectivity index (χ0) is 55.7. The van der Waals surface area contributed by atoms with Gasteiger partial charge in [0.1, 0.15) is 13.2 Å². The van der Waals surface area contributed by atoms with Gasteiger partial charge in [0.2, 0.25) is 0 Å². The van der Waals surface area contributed by atoms with Crippen LogP contribution in [0.25, 0.3) is 0 Å². The van der Waals surface area contributed by atoms with Gasteiger partial charge in [0, 0.05) is 19.3 Å². The highest BCUT2D eigenvalue weighted by atomic mass is 16.6. The lowest BCUT2D eigenvalue weighted by Gasteiger charge is -2.18. The van der Waals surface area contributed by atoms with E-state index < -0.39 is 6.10 Å². The van der Waals surface area contributed by atoms with Crippen LogP contribution >= 0.6 is 0 Å². The molecule has 0 aliphatic heterocycles. The van der Waals surface area contributed by atoms with E-state index in [2.05, 4.69) is 69.4 Å². The van der Waals surface area contributed by atoms with Crippen molar-refractivity contribution in [1.82, 2.24) is 0 Å². The number of ether oxygens (including phenoxy) is 3. The summed E-state index contributed by atoms with van der Waals surface area (Å²) in [6.45, 7) is 6.67. The second kappa shape index (κ2) is 65.9. The number of carbonyl (C=O) groups is 3. The van der Waals surface area contributed by atoms with Crippen LogP contribution in [0.5, 0.6) is 0 Å². The van der Waals surface area contributed by atoms with Gasteiger partial charge >= 0.3 is 17.9 Å². The van der Waals surface area contributed by atoms with E-state index in [-0.39, 0.29) is 31.1 Å². The Labute approximate surface area is 479 Å². The van der Waals surface area contributed by atoms with E-state index in [1.165, 1.54) is 263 Å². The molecule has 0 saturated carbocycles. The van der Waals surface area contributed by atoms with Crippen LogP contribution < -0.4 is 0 Å². The zero-order valence-corrected chi connectivity index (χ0v) is 51.7. The minimum Gasteiger partial charge on any atom is -0.462 e. The van der Waals surface area contributed by atoms with Gasteiger partial charge in [0.15, 0.2) is 6.10 Å². The van der Waals surface area contributed by atoms with Crippen molar-refractivity contribution in [3.8, 4) is 0 Å². The third-order valence-corrected chi connectivity index (χ3v) is 15.3. The molecule has 77 heavy (non-hydrogen) atoms. The lowest BCUT2D eigenvalue weighted by atomic mass is 10.1. The Morgan fingerprint density at radius 3 is 0.753 bits per heavy atom. The van der Waals surface area contributed by atoms with Crippen LogP contribution in [0.15, 0.2) is 48.6 Å². The molecular formula is C71H130O6. The van der Waals surface area contributed by atoms with E-state index in [1.54, 1.807) is 0 Å². The summed E-state index contributed by atoms with van der Waals surface area (Å²) in [6, 6.07) is 0. The molecule has 0 heterocycles. The van der Waals surface area contributed by atoms with Crippen LogP contribution in [0.4, 0.5) is 0 Å². The van der Waals surface area contributed by atoms with Crippen molar-refractivity contribution in [2.24, 2.45) is 0 Å². The standard InChI is InChI=1S/C71H130O6/c1-4-7-10-13-16-19-22-25-28-31-34-35-38-40-43-46-49-52-55-58-61-64-70(73)76-67-68(77-71(74)65-62-59-56-53-50-47-44-41-37-33-30-27-24-21-18-15-12-9-6-3)66-75-69(72)63-60-57-54-51-48-45-42-39-36-32-29-26-23-20-17-14-11-8-5-2/h18,21,26-27,29-31,34,68H,4-17,19-20,22-25,28,32-33,35-67H2,1-3H3/b21-18-,29-26-,30-27-,34-31-. The fourth-order valence-corrected chi connectivity index (χ4v) is 10.1. The van der Waals surface area contributed by atoms with Crippen molar-refractivity contribution in [2.45, 2.75) is 374 Å². The average molecular weight is 1080 g/mol. The fraction of sp³-hybridized carbons (Fsp3) is 0.845. The van der Waals surface area contributed by atoms with E-state index in [9.17, 15) is 14.4 Å². The zero-order valence-electron chi connectivity index (χ0n) is 51.7. The molecule has 0 aromatic rings. The summed E-state index contributed by atoms with van der Waals surface area (Å²) in [7, 11) is 0. The lowest BCUT2D eigenvalue weighted by molar-refractivity contribution is -0.167. The Balaban J connectivity index is 4.35. The second-order valence-electron chi connectivity index (χ2n) is 23.1. The number of allylic oxidation sites excluding steroid dienone is 8. The smallest absolute Gasteiger partial charge is 0.306 e. The van der Waals surface area contributed by atoms with Crippen LogP contribution in [0, 0.1) is 0 Å². The highest BCUT2D eigenvalue weighted by Gasteiger charge is 2.19. The van der Waals surface area contributed by atoms with Gasteiger partial charge in [-0.1, -0.05) is 294 Å². The maximum Gasteiger partial charge on any atom is 0.306 e. The topological polar surface area (TPSA) is 78.9 Å². The summed E-state index contributed by atoms with van der Waals surface area (Å²) in [5, 5.41) is 0. The Kier molecular flexibility index (Phi) is 63.6. The first-order chi connectivity index (χ1) is 38.0. The molecule has 0 aliphatic rings. The minimum atomic E-state index is -0.778. The second-order valence-corrected chi connectivity index (χ2v) is 23.1. The molecule has 0 aromatic heterocycles. The molecule has 450 valence electrons. The summed E-state index contributed by atoms with van der Waals surface area (Å²) >= 11 is 0. The van der Waals surface area contributed by atoms with Gasteiger partial charge in [-0.25, -0.2) is 0 Å². The molecule has 0 aliphatic carbocycles. The maximum absolute atomic E-state index is 12.9. The molecule has 0 aromatic carbocycles. The molecule has 0 N–H and O–H groups in total. The summed E-state index contributed by atoms with van der Waals surface area (Å²) in [5.74, 6) is -0.858. The summed E-state index contributed by atoms with van der Waals surface area (Å²) in [6.07, 6.45) is 82.6. The average Bonchev–Trinajstić information content (AvgIpc) is 3.43. The van der Waals surface area contributed by atoms with Crippen molar-refractivity contribution in [3.63, 3.8) is 0 Å². The first-order valence-corrected chi connectivity index (χ1v) is 34.1.